The number of nitrogens with one attached hydrogen (secondary N) is 2. The van der Waals surface area contributed by atoms with Crippen LogP contribution in [0.1, 0.15) is 39.0 Å². The van der Waals surface area contributed by atoms with Crippen molar-refractivity contribution in [3.8, 4) is 5.75 Å². The van der Waals surface area contributed by atoms with Gasteiger partial charge in [0.15, 0.2) is 0 Å². The van der Waals surface area contributed by atoms with Crippen molar-refractivity contribution in [3.63, 3.8) is 0 Å². The quantitative estimate of drug-likeness (QED) is 0.829. The van der Waals surface area contributed by atoms with Gasteiger partial charge in [0.05, 0.1) is 12.3 Å². The van der Waals surface area contributed by atoms with E-state index in [1.54, 1.807) is 6.20 Å². The zero-order valence-corrected chi connectivity index (χ0v) is 13.6. The van der Waals surface area contributed by atoms with Gasteiger partial charge >= 0.3 is 0 Å². The molecule has 0 spiro atoms. The Hall–Kier alpha value is -2.30. The molecule has 1 aromatic heterocycles. The molecular weight excluding hydrogens is 288 g/mol. The van der Waals surface area contributed by atoms with Crippen LogP contribution in [-0.2, 0) is 0 Å². The fourth-order valence-corrected chi connectivity index (χ4v) is 2.92. The van der Waals surface area contributed by atoms with Gasteiger partial charge < -0.3 is 15.4 Å². The third kappa shape index (κ3) is 4.34. The third-order valence-electron chi connectivity index (χ3n) is 4.04. The molecule has 0 amide bonds. The van der Waals surface area contributed by atoms with E-state index in [1.807, 2.05) is 37.3 Å². The first-order valence-electron chi connectivity index (χ1n) is 8.43. The Balaban J connectivity index is 1.70. The van der Waals surface area contributed by atoms with E-state index in [2.05, 4.69) is 20.6 Å². The molecule has 1 aliphatic carbocycles. The summed E-state index contributed by atoms with van der Waals surface area (Å²) in [6, 6.07) is 10.2. The first-order chi connectivity index (χ1) is 11.3. The van der Waals surface area contributed by atoms with E-state index in [-0.39, 0.29) is 0 Å². The van der Waals surface area contributed by atoms with Crippen molar-refractivity contribution >= 4 is 17.5 Å². The van der Waals surface area contributed by atoms with Crippen LogP contribution in [0.2, 0.25) is 0 Å². The maximum absolute atomic E-state index is 5.64. The summed E-state index contributed by atoms with van der Waals surface area (Å²) in [6.07, 6.45) is 8.11. The number of para-hydroxylation sites is 2. The highest BCUT2D eigenvalue weighted by Crippen LogP contribution is 2.27. The molecule has 5 heteroatoms. The minimum Gasteiger partial charge on any atom is -0.492 e. The van der Waals surface area contributed by atoms with Gasteiger partial charge in [0.2, 0.25) is 5.95 Å². The maximum Gasteiger partial charge on any atom is 0.224 e. The standard InChI is InChI=1S/C18H24N4O/c1-2-23-16-11-7-6-10-15(16)21-17-12-13-19-18(22-17)20-14-8-4-3-5-9-14/h6-7,10-14H,2-5,8-9H2,1H3,(H2,19,20,21,22). The second-order valence-corrected chi connectivity index (χ2v) is 5.80. The lowest BCUT2D eigenvalue weighted by Crippen LogP contribution is -2.23. The monoisotopic (exact) mass is 312 g/mol. The molecule has 0 saturated heterocycles. The molecule has 0 bridgehead atoms. The van der Waals surface area contributed by atoms with Gasteiger partial charge in [-0.15, -0.1) is 0 Å². The highest BCUT2D eigenvalue weighted by Gasteiger charge is 2.14. The van der Waals surface area contributed by atoms with Gasteiger partial charge in [0.1, 0.15) is 11.6 Å². The zero-order valence-electron chi connectivity index (χ0n) is 13.6. The summed E-state index contributed by atoms with van der Waals surface area (Å²) in [7, 11) is 0. The topological polar surface area (TPSA) is 59.1 Å². The van der Waals surface area contributed by atoms with E-state index in [4.69, 9.17) is 4.74 Å². The lowest BCUT2D eigenvalue weighted by Gasteiger charge is -2.22. The van der Waals surface area contributed by atoms with Crippen LogP contribution in [0, 0.1) is 0 Å². The summed E-state index contributed by atoms with van der Waals surface area (Å²) in [5, 5.41) is 6.77. The van der Waals surface area contributed by atoms with Gasteiger partial charge in [0, 0.05) is 12.2 Å². The van der Waals surface area contributed by atoms with Crippen molar-refractivity contribution in [2.24, 2.45) is 0 Å². The normalized spacial score (nSPS) is 15.2. The average Bonchev–Trinajstić information content (AvgIpc) is 2.58. The molecule has 5 nitrogen and oxygen atoms in total. The maximum atomic E-state index is 5.64. The molecule has 2 aromatic rings. The average molecular weight is 312 g/mol. The van der Waals surface area contributed by atoms with Gasteiger partial charge in [-0.2, -0.15) is 4.98 Å². The van der Waals surface area contributed by atoms with Crippen molar-refractivity contribution in [1.82, 2.24) is 9.97 Å². The molecule has 2 N–H and O–H groups in total. The Bertz CT molecular complexity index is 626. The Morgan fingerprint density at radius 2 is 1.96 bits per heavy atom. The molecule has 3 rings (SSSR count). The van der Waals surface area contributed by atoms with Crippen LogP contribution in [0.25, 0.3) is 0 Å². The number of anilines is 3. The molecule has 0 radical (unpaired) electrons. The molecule has 23 heavy (non-hydrogen) atoms. The van der Waals surface area contributed by atoms with Crippen molar-refractivity contribution < 1.29 is 4.74 Å². The molecular formula is C18H24N4O. The van der Waals surface area contributed by atoms with Crippen molar-refractivity contribution in [1.29, 1.82) is 0 Å². The van der Waals surface area contributed by atoms with Crippen LogP contribution in [0.3, 0.4) is 0 Å². The van der Waals surface area contributed by atoms with Crippen LogP contribution >= 0.6 is 0 Å². The van der Waals surface area contributed by atoms with E-state index in [0.717, 1.165) is 17.3 Å². The molecule has 122 valence electrons. The fourth-order valence-electron chi connectivity index (χ4n) is 2.92. The molecule has 0 unspecified atom stereocenters. The largest absolute Gasteiger partial charge is 0.492 e. The number of hydrogen-bond acceptors (Lipinski definition) is 5. The summed E-state index contributed by atoms with van der Waals surface area (Å²) >= 11 is 0. The second-order valence-electron chi connectivity index (χ2n) is 5.80. The van der Waals surface area contributed by atoms with Crippen LogP contribution in [-0.4, -0.2) is 22.6 Å². The van der Waals surface area contributed by atoms with Crippen LogP contribution < -0.4 is 15.4 Å². The molecule has 1 saturated carbocycles. The Morgan fingerprint density at radius 3 is 2.78 bits per heavy atom. The second kappa shape index (κ2) is 7.81. The van der Waals surface area contributed by atoms with Gasteiger partial charge in [0.25, 0.3) is 0 Å². The first kappa shape index (κ1) is 15.6. The first-order valence-corrected chi connectivity index (χ1v) is 8.43. The van der Waals surface area contributed by atoms with Crippen molar-refractivity contribution in [3.05, 3.63) is 36.5 Å². The molecule has 1 aliphatic rings. The van der Waals surface area contributed by atoms with E-state index >= 15 is 0 Å². The van der Waals surface area contributed by atoms with Crippen molar-refractivity contribution in [2.45, 2.75) is 45.1 Å². The minimum absolute atomic E-state index is 0.495. The van der Waals surface area contributed by atoms with Crippen molar-refractivity contribution in [2.75, 3.05) is 17.2 Å². The van der Waals surface area contributed by atoms with Gasteiger partial charge in [-0.3, -0.25) is 0 Å². The number of ether oxygens (including phenoxy) is 1. The van der Waals surface area contributed by atoms with Gasteiger partial charge in [-0.25, -0.2) is 4.98 Å². The molecule has 0 atom stereocenters. The smallest absolute Gasteiger partial charge is 0.224 e. The fraction of sp³-hybridized carbons (Fsp3) is 0.444. The number of hydrogen-bond donors (Lipinski definition) is 2. The Labute approximate surface area is 137 Å². The third-order valence-corrected chi connectivity index (χ3v) is 4.04. The van der Waals surface area contributed by atoms with Crippen LogP contribution in [0.15, 0.2) is 36.5 Å². The highest BCUT2D eigenvalue weighted by molar-refractivity contribution is 5.64. The van der Waals surface area contributed by atoms with Crippen LogP contribution in [0.5, 0.6) is 5.75 Å². The number of aromatic nitrogens is 2. The lowest BCUT2D eigenvalue weighted by atomic mass is 9.96. The molecule has 0 aliphatic heterocycles. The van der Waals surface area contributed by atoms with E-state index in [9.17, 15) is 0 Å². The van der Waals surface area contributed by atoms with Gasteiger partial charge in [-0.1, -0.05) is 31.4 Å². The SMILES string of the molecule is CCOc1ccccc1Nc1ccnc(NC2CCCCC2)n1. The van der Waals surface area contributed by atoms with Gasteiger partial charge in [-0.05, 0) is 38.0 Å². The molecule has 1 heterocycles. The Morgan fingerprint density at radius 1 is 1.13 bits per heavy atom. The van der Waals surface area contributed by atoms with E-state index in [1.165, 1.54) is 32.1 Å². The summed E-state index contributed by atoms with van der Waals surface area (Å²) in [6.45, 7) is 2.62. The lowest BCUT2D eigenvalue weighted by molar-refractivity contribution is 0.342. The predicted molar refractivity (Wildman–Crippen MR) is 93.4 cm³/mol. The summed E-state index contributed by atoms with van der Waals surface area (Å²) in [4.78, 5) is 8.91. The summed E-state index contributed by atoms with van der Waals surface area (Å²) in [5.41, 5.74) is 0.914. The molecule has 1 fully saturated rings. The highest BCUT2D eigenvalue weighted by atomic mass is 16.5. The van der Waals surface area contributed by atoms with E-state index in [0.29, 0.717) is 18.6 Å². The number of benzene rings is 1. The Kier molecular flexibility index (Phi) is 5.29. The summed E-state index contributed by atoms with van der Waals surface area (Å²) < 4.78 is 5.64. The van der Waals surface area contributed by atoms with Crippen LogP contribution in [0.4, 0.5) is 17.5 Å². The molecule has 1 aromatic carbocycles. The van der Waals surface area contributed by atoms with E-state index < -0.39 is 0 Å². The minimum atomic E-state index is 0.495. The number of nitrogens with zero attached hydrogens (tertiary/aromatic N) is 2. The predicted octanol–water partition coefficient (Wildman–Crippen LogP) is 4.36. The number of rotatable bonds is 6. The summed E-state index contributed by atoms with van der Waals surface area (Å²) in [5.74, 6) is 2.29. The zero-order chi connectivity index (χ0) is 15.9.